The third-order valence-corrected chi connectivity index (χ3v) is 4.73. The second kappa shape index (κ2) is 5.30. The average Bonchev–Trinajstić information content (AvgIpc) is 2.95. The maximum absolute atomic E-state index is 5.91. The molecule has 0 bridgehead atoms. The molecule has 0 aromatic heterocycles. The number of nitrogens with zero attached hydrogens (tertiary/aromatic N) is 1. The molecule has 1 saturated heterocycles. The largest absolute Gasteiger partial charge is 0.478 e. The highest BCUT2D eigenvalue weighted by atomic mass is 16.7. The maximum Gasteiger partial charge on any atom is 0.184 e. The van der Waals surface area contributed by atoms with Gasteiger partial charge in [-0.1, -0.05) is 0 Å². The van der Waals surface area contributed by atoms with Crippen molar-refractivity contribution >= 4 is 5.90 Å². The van der Waals surface area contributed by atoms with E-state index in [2.05, 4.69) is 20.8 Å². The molecule has 0 N–H and O–H groups in total. The maximum atomic E-state index is 5.91. The van der Waals surface area contributed by atoms with Crippen LogP contribution in [0.1, 0.15) is 59.3 Å². The van der Waals surface area contributed by atoms with E-state index in [-0.39, 0.29) is 17.4 Å². The molecule has 3 rings (SSSR count). The van der Waals surface area contributed by atoms with Crippen LogP contribution in [0.4, 0.5) is 0 Å². The molecule has 2 unspecified atom stereocenters. The second-order valence-electron chi connectivity index (χ2n) is 7.09. The van der Waals surface area contributed by atoms with Crippen LogP contribution in [0.5, 0.6) is 0 Å². The summed E-state index contributed by atoms with van der Waals surface area (Å²) < 4.78 is 17.7. The summed E-state index contributed by atoms with van der Waals surface area (Å²) in [6, 6.07) is 0. The van der Waals surface area contributed by atoms with Gasteiger partial charge in [-0.3, -0.25) is 0 Å². The molecule has 4 nitrogen and oxygen atoms in total. The lowest BCUT2D eigenvalue weighted by molar-refractivity contribution is -0.182. The van der Waals surface area contributed by atoms with E-state index in [0.29, 0.717) is 5.92 Å². The topological polar surface area (TPSA) is 40.0 Å². The predicted octanol–water partition coefficient (Wildman–Crippen LogP) is 3.30. The van der Waals surface area contributed by atoms with Crippen molar-refractivity contribution in [2.75, 3.05) is 13.2 Å². The lowest BCUT2D eigenvalue weighted by Gasteiger charge is -2.33. The summed E-state index contributed by atoms with van der Waals surface area (Å²) in [6.07, 6.45) is 6.69. The minimum absolute atomic E-state index is 0.0146. The first kappa shape index (κ1) is 14.3. The summed E-state index contributed by atoms with van der Waals surface area (Å²) in [5, 5.41) is 0. The number of hydrogen-bond acceptors (Lipinski definition) is 4. The number of ether oxygens (including phenoxy) is 3. The molecule has 0 aromatic carbocycles. The predicted molar refractivity (Wildman–Crippen MR) is 77.9 cm³/mol. The molecule has 1 saturated carbocycles. The molecule has 4 heteroatoms. The van der Waals surface area contributed by atoms with Crippen molar-refractivity contribution in [1.29, 1.82) is 0 Å². The van der Waals surface area contributed by atoms with Gasteiger partial charge in [-0.05, 0) is 40.0 Å². The first-order valence-electron chi connectivity index (χ1n) is 8.02. The Balaban J connectivity index is 1.60. The van der Waals surface area contributed by atoms with Crippen LogP contribution in [-0.4, -0.2) is 36.5 Å². The van der Waals surface area contributed by atoms with Crippen molar-refractivity contribution in [1.82, 2.24) is 0 Å². The van der Waals surface area contributed by atoms with Crippen molar-refractivity contribution in [3.8, 4) is 0 Å². The molecular weight excluding hydrogens is 254 g/mol. The monoisotopic (exact) mass is 281 g/mol. The third kappa shape index (κ3) is 2.86. The summed E-state index contributed by atoms with van der Waals surface area (Å²) in [5.74, 6) is 1.14. The number of aliphatic imine (C=N–C) groups is 1. The molecule has 2 aliphatic heterocycles. The van der Waals surface area contributed by atoms with Crippen LogP contribution in [0.15, 0.2) is 4.99 Å². The molecule has 2 atom stereocenters. The van der Waals surface area contributed by atoms with Crippen LogP contribution in [0.2, 0.25) is 0 Å². The summed E-state index contributed by atoms with van der Waals surface area (Å²) in [6.45, 7) is 8.01. The molecule has 20 heavy (non-hydrogen) atoms. The Morgan fingerprint density at radius 1 is 1.25 bits per heavy atom. The van der Waals surface area contributed by atoms with E-state index in [1.165, 1.54) is 12.8 Å². The molecular formula is C16H27NO3. The van der Waals surface area contributed by atoms with Gasteiger partial charge in [0.05, 0.1) is 24.9 Å². The summed E-state index contributed by atoms with van der Waals surface area (Å²) in [5.41, 5.74) is 0.0146. The van der Waals surface area contributed by atoms with E-state index in [0.717, 1.165) is 44.8 Å². The van der Waals surface area contributed by atoms with Gasteiger partial charge in [0.15, 0.2) is 11.7 Å². The zero-order valence-electron chi connectivity index (χ0n) is 13.0. The van der Waals surface area contributed by atoms with Crippen LogP contribution < -0.4 is 0 Å². The van der Waals surface area contributed by atoms with Crippen molar-refractivity contribution in [2.45, 2.75) is 76.7 Å². The highest BCUT2D eigenvalue weighted by molar-refractivity contribution is 5.77. The van der Waals surface area contributed by atoms with Crippen molar-refractivity contribution < 1.29 is 14.2 Å². The first-order chi connectivity index (χ1) is 9.49. The SMILES string of the molecule is CC1CC(C)(C)N=C(CCC2CCCC23OCCO3)O1. The number of rotatable bonds is 3. The quantitative estimate of drug-likeness (QED) is 0.797. The van der Waals surface area contributed by atoms with Crippen LogP contribution >= 0.6 is 0 Å². The van der Waals surface area contributed by atoms with E-state index in [1.54, 1.807) is 0 Å². The van der Waals surface area contributed by atoms with Gasteiger partial charge in [-0.25, -0.2) is 4.99 Å². The Morgan fingerprint density at radius 2 is 2.00 bits per heavy atom. The lowest BCUT2D eigenvalue weighted by Crippen LogP contribution is -2.36. The smallest absolute Gasteiger partial charge is 0.184 e. The average molecular weight is 281 g/mol. The van der Waals surface area contributed by atoms with E-state index in [4.69, 9.17) is 19.2 Å². The summed E-state index contributed by atoms with van der Waals surface area (Å²) in [4.78, 5) is 4.75. The Hall–Kier alpha value is -0.610. The van der Waals surface area contributed by atoms with E-state index in [1.807, 2.05) is 0 Å². The van der Waals surface area contributed by atoms with Gasteiger partial charge in [-0.2, -0.15) is 0 Å². The van der Waals surface area contributed by atoms with Crippen LogP contribution in [-0.2, 0) is 14.2 Å². The molecule has 0 radical (unpaired) electrons. The van der Waals surface area contributed by atoms with Gasteiger partial charge in [0, 0.05) is 25.2 Å². The highest BCUT2D eigenvalue weighted by Gasteiger charge is 2.47. The molecule has 0 aromatic rings. The van der Waals surface area contributed by atoms with Gasteiger partial charge >= 0.3 is 0 Å². The van der Waals surface area contributed by atoms with E-state index < -0.39 is 0 Å². The van der Waals surface area contributed by atoms with Crippen LogP contribution in [0.3, 0.4) is 0 Å². The highest BCUT2D eigenvalue weighted by Crippen LogP contribution is 2.44. The van der Waals surface area contributed by atoms with Crippen LogP contribution in [0, 0.1) is 5.92 Å². The zero-order valence-corrected chi connectivity index (χ0v) is 13.0. The Labute approximate surface area is 121 Å². The fourth-order valence-corrected chi connectivity index (χ4v) is 4.03. The Kier molecular flexibility index (Phi) is 3.80. The minimum Gasteiger partial charge on any atom is -0.478 e. The second-order valence-corrected chi connectivity index (χ2v) is 7.09. The minimum atomic E-state index is -0.281. The van der Waals surface area contributed by atoms with Gasteiger partial charge < -0.3 is 14.2 Å². The third-order valence-electron chi connectivity index (χ3n) is 4.73. The zero-order chi connectivity index (χ0) is 14.2. The summed E-state index contributed by atoms with van der Waals surface area (Å²) in [7, 11) is 0. The Bertz CT molecular complexity index is 380. The normalized spacial score (nSPS) is 35.0. The summed E-state index contributed by atoms with van der Waals surface area (Å²) >= 11 is 0. The molecule has 0 amide bonds. The van der Waals surface area contributed by atoms with Gasteiger partial charge in [-0.15, -0.1) is 0 Å². The molecule has 1 aliphatic carbocycles. The van der Waals surface area contributed by atoms with E-state index >= 15 is 0 Å². The standard InChI is InChI=1S/C16H27NO3/c1-12-11-15(2,3)17-14(20-12)7-6-13-5-4-8-16(13)18-9-10-19-16/h12-13H,4-11H2,1-3H3. The molecule has 2 heterocycles. The first-order valence-corrected chi connectivity index (χ1v) is 8.02. The van der Waals surface area contributed by atoms with E-state index in [9.17, 15) is 0 Å². The van der Waals surface area contributed by atoms with Crippen molar-refractivity contribution in [2.24, 2.45) is 10.9 Å². The lowest BCUT2D eigenvalue weighted by atomic mass is 9.94. The Morgan fingerprint density at radius 3 is 2.70 bits per heavy atom. The fourth-order valence-electron chi connectivity index (χ4n) is 4.03. The van der Waals surface area contributed by atoms with Crippen LogP contribution in [0.25, 0.3) is 0 Å². The molecule has 2 fully saturated rings. The van der Waals surface area contributed by atoms with Gasteiger partial charge in [0.1, 0.15) is 0 Å². The number of hydrogen-bond donors (Lipinski definition) is 0. The van der Waals surface area contributed by atoms with Gasteiger partial charge in [0.2, 0.25) is 0 Å². The van der Waals surface area contributed by atoms with Gasteiger partial charge in [0.25, 0.3) is 0 Å². The van der Waals surface area contributed by atoms with Crippen molar-refractivity contribution in [3.05, 3.63) is 0 Å². The van der Waals surface area contributed by atoms with Crippen molar-refractivity contribution in [3.63, 3.8) is 0 Å². The molecule has 3 aliphatic rings. The fraction of sp³-hybridized carbons (Fsp3) is 0.938. The molecule has 114 valence electrons. The molecule has 1 spiro atoms.